The lowest BCUT2D eigenvalue weighted by Crippen LogP contribution is -2.19. The van der Waals surface area contributed by atoms with Gasteiger partial charge in [0.1, 0.15) is 5.75 Å². The Bertz CT molecular complexity index is 688. The lowest BCUT2D eigenvalue weighted by molar-refractivity contribution is -0.115. The third kappa shape index (κ3) is 2.75. The Morgan fingerprint density at radius 3 is 2.70 bits per heavy atom. The van der Waals surface area contributed by atoms with Crippen molar-refractivity contribution >= 4 is 34.6 Å². The first-order valence-corrected chi connectivity index (χ1v) is 6.74. The number of phenolic OH excluding ortho intramolecular Hbond substituents is 1. The number of hydrogen-bond acceptors (Lipinski definition) is 4. The molecule has 1 aliphatic heterocycles. The van der Waals surface area contributed by atoms with E-state index in [2.05, 4.69) is 15.3 Å². The minimum atomic E-state index is -0.165. The standard InChI is InChI=1S/C14H11N3O2S/c18-11-5-3-9(4-6-11)16-14-17-13(19)12(20-14)8-10-2-1-7-15-10/h1-8,15,18H,(H,16,17,19)/b12-8-. The van der Waals surface area contributed by atoms with E-state index >= 15 is 0 Å². The molecule has 0 saturated carbocycles. The summed E-state index contributed by atoms with van der Waals surface area (Å²) in [7, 11) is 0. The molecule has 1 amide bonds. The zero-order valence-corrected chi connectivity index (χ0v) is 11.1. The smallest absolute Gasteiger partial charge is 0.264 e. The maximum Gasteiger partial charge on any atom is 0.264 e. The molecule has 6 heteroatoms. The molecule has 1 saturated heterocycles. The molecule has 3 N–H and O–H groups in total. The van der Waals surface area contributed by atoms with E-state index in [1.165, 1.54) is 11.8 Å². The van der Waals surface area contributed by atoms with E-state index < -0.39 is 0 Å². The van der Waals surface area contributed by atoms with Crippen LogP contribution in [0.5, 0.6) is 5.75 Å². The van der Waals surface area contributed by atoms with Crippen LogP contribution in [0.4, 0.5) is 5.69 Å². The number of H-pyrrole nitrogens is 1. The third-order valence-electron chi connectivity index (χ3n) is 2.64. The van der Waals surface area contributed by atoms with Crippen LogP contribution in [0.2, 0.25) is 0 Å². The van der Waals surface area contributed by atoms with Gasteiger partial charge in [0.25, 0.3) is 5.91 Å². The molecule has 20 heavy (non-hydrogen) atoms. The van der Waals surface area contributed by atoms with Crippen molar-refractivity contribution in [3.8, 4) is 5.75 Å². The zero-order chi connectivity index (χ0) is 13.9. The van der Waals surface area contributed by atoms with Gasteiger partial charge in [-0.3, -0.25) is 4.79 Å². The van der Waals surface area contributed by atoms with E-state index in [0.29, 0.717) is 15.8 Å². The van der Waals surface area contributed by atoms with Gasteiger partial charge in [-0.2, -0.15) is 0 Å². The Labute approximate surface area is 119 Å². The molecule has 0 aliphatic carbocycles. The van der Waals surface area contributed by atoms with Crippen LogP contribution in [0.3, 0.4) is 0 Å². The topological polar surface area (TPSA) is 77.5 Å². The minimum Gasteiger partial charge on any atom is -0.508 e. The van der Waals surface area contributed by atoms with Gasteiger partial charge in [-0.05, 0) is 54.2 Å². The number of thioether (sulfide) groups is 1. The van der Waals surface area contributed by atoms with Crippen molar-refractivity contribution in [2.45, 2.75) is 0 Å². The molecular weight excluding hydrogens is 274 g/mol. The number of aromatic nitrogens is 1. The predicted molar refractivity (Wildman–Crippen MR) is 79.7 cm³/mol. The van der Waals surface area contributed by atoms with Gasteiger partial charge in [-0.15, -0.1) is 0 Å². The molecule has 2 heterocycles. The molecule has 0 atom stereocenters. The van der Waals surface area contributed by atoms with Crippen LogP contribution in [-0.2, 0) is 4.79 Å². The van der Waals surface area contributed by atoms with Crippen LogP contribution in [0.1, 0.15) is 5.69 Å². The number of nitrogens with zero attached hydrogens (tertiary/aromatic N) is 1. The Morgan fingerprint density at radius 2 is 2.00 bits per heavy atom. The van der Waals surface area contributed by atoms with E-state index in [-0.39, 0.29) is 11.7 Å². The molecule has 1 aliphatic rings. The highest BCUT2D eigenvalue weighted by Gasteiger charge is 2.23. The number of carbonyl (C=O) groups is 1. The fourth-order valence-electron chi connectivity index (χ4n) is 1.70. The Morgan fingerprint density at radius 1 is 1.20 bits per heavy atom. The highest BCUT2D eigenvalue weighted by Crippen LogP contribution is 2.28. The van der Waals surface area contributed by atoms with E-state index in [0.717, 1.165) is 5.69 Å². The van der Waals surface area contributed by atoms with Crippen molar-refractivity contribution in [1.29, 1.82) is 0 Å². The Balaban J connectivity index is 1.81. The number of rotatable bonds is 2. The van der Waals surface area contributed by atoms with E-state index in [4.69, 9.17) is 0 Å². The van der Waals surface area contributed by atoms with Crippen molar-refractivity contribution in [2.75, 3.05) is 0 Å². The molecule has 1 fully saturated rings. The lowest BCUT2D eigenvalue weighted by atomic mass is 10.3. The van der Waals surface area contributed by atoms with Crippen LogP contribution in [0.15, 0.2) is 52.5 Å². The third-order valence-corrected chi connectivity index (χ3v) is 3.55. The van der Waals surface area contributed by atoms with Gasteiger partial charge in [0, 0.05) is 11.9 Å². The Hall–Kier alpha value is -2.47. The maximum atomic E-state index is 11.8. The molecule has 2 aromatic rings. The number of aromatic amines is 1. The van der Waals surface area contributed by atoms with Gasteiger partial charge in [0.05, 0.1) is 10.6 Å². The second-order valence-corrected chi connectivity index (χ2v) is 5.15. The van der Waals surface area contributed by atoms with Gasteiger partial charge in [-0.1, -0.05) is 0 Å². The molecule has 0 unspecified atom stereocenters. The Kier molecular flexibility index (Phi) is 3.30. The molecule has 0 spiro atoms. The van der Waals surface area contributed by atoms with Gasteiger partial charge < -0.3 is 15.4 Å². The average Bonchev–Trinajstić information content (AvgIpc) is 3.04. The van der Waals surface area contributed by atoms with Crippen LogP contribution in [-0.4, -0.2) is 21.2 Å². The number of benzene rings is 1. The quantitative estimate of drug-likeness (QED) is 0.742. The number of amidine groups is 1. The summed E-state index contributed by atoms with van der Waals surface area (Å²) in [5, 5.41) is 12.4. The molecule has 3 rings (SSSR count). The largest absolute Gasteiger partial charge is 0.508 e. The predicted octanol–water partition coefficient (Wildman–Crippen LogP) is 2.61. The van der Waals surface area contributed by atoms with Gasteiger partial charge in [-0.25, -0.2) is 4.99 Å². The summed E-state index contributed by atoms with van der Waals surface area (Å²) < 4.78 is 0. The molecule has 1 aromatic heterocycles. The fourth-order valence-corrected chi connectivity index (χ4v) is 2.53. The van der Waals surface area contributed by atoms with E-state index in [9.17, 15) is 9.90 Å². The summed E-state index contributed by atoms with van der Waals surface area (Å²) in [5.41, 5.74) is 1.54. The monoisotopic (exact) mass is 285 g/mol. The van der Waals surface area contributed by atoms with Gasteiger partial charge >= 0.3 is 0 Å². The molecular formula is C14H11N3O2S. The summed E-state index contributed by atoms with van der Waals surface area (Å²) in [6.07, 6.45) is 3.58. The zero-order valence-electron chi connectivity index (χ0n) is 10.3. The van der Waals surface area contributed by atoms with Gasteiger partial charge in [0.15, 0.2) is 5.17 Å². The molecule has 5 nitrogen and oxygen atoms in total. The van der Waals surface area contributed by atoms with Crippen molar-refractivity contribution in [3.05, 3.63) is 53.2 Å². The SMILES string of the molecule is O=C1NC(=Nc2ccc(O)cc2)S/C1=C\c1ccc[nH]1. The number of amides is 1. The second-order valence-electron chi connectivity index (χ2n) is 4.12. The average molecular weight is 285 g/mol. The highest BCUT2D eigenvalue weighted by atomic mass is 32.2. The number of carbonyl (C=O) groups excluding carboxylic acids is 1. The number of hydrogen-bond donors (Lipinski definition) is 3. The number of phenols is 1. The van der Waals surface area contributed by atoms with E-state index in [1.807, 2.05) is 12.1 Å². The summed E-state index contributed by atoms with van der Waals surface area (Å²) in [4.78, 5) is 19.7. The summed E-state index contributed by atoms with van der Waals surface area (Å²) in [6, 6.07) is 10.2. The summed E-state index contributed by atoms with van der Waals surface area (Å²) in [6.45, 7) is 0. The fraction of sp³-hybridized carbons (Fsp3) is 0. The van der Waals surface area contributed by atoms with Crippen molar-refractivity contribution in [2.24, 2.45) is 4.99 Å². The maximum absolute atomic E-state index is 11.8. The summed E-state index contributed by atoms with van der Waals surface area (Å²) in [5.74, 6) is 0.0199. The first-order chi connectivity index (χ1) is 9.70. The van der Waals surface area contributed by atoms with Crippen molar-refractivity contribution < 1.29 is 9.90 Å². The highest BCUT2D eigenvalue weighted by molar-refractivity contribution is 8.18. The van der Waals surface area contributed by atoms with Crippen LogP contribution in [0.25, 0.3) is 6.08 Å². The summed E-state index contributed by atoms with van der Waals surface area (Å²) >= 11 is 1.28. The second kappa shape index (κ2) is 5.26. The minimum absolute atomic E-state index is 0.165. The molecule has 1 aromatic carbocycles. The number of nitrogens with one attached hydrogen (secondary N) is 2. The van der Waals surface area contributed by atoms with Crippen molar-refractivity contribution in [3.63, 3.8) is 0 Å². The van der Waals surface area contributed by atoms with Gasteiger partial charge in [0.2, 0.25) is 0 Å². The number of aromatic hydroxyl groups is 1. The molecule has 0 bridgehead atoms. The van der Waals surface area contributed by atoms with Crippen LogP contribution in [0, 0.1) is 0 Å². The van der Waals surface area contributed by atoms with Crippen molar-refractivity contribution in [1.82, 2.24) is 10.3 Å². The molecule has 0 radical (unpaired) electrons. The first-order valence-electron chi connectivity index (χ1n) is 5.93. The van der Waals surface area contributed by atoms with E-state index in [1.54, 1.807) is 36.5 Å². The number of aliphatic imine (C=N–C) groups is 1. The lowest BCUT2D eigenvalue weighted by Gasteiger charge is -1.96. The molecule has 100 valence electrons. The van der Waals surface area contributed by atoms with Crippen LogP contribution >= 0.6 is 11.8 Å². The first kappa shape index (κ1) is 12.6. The normalized spacial score (nSPS) is 18.7. The van der Waals surface area contributed by atoms with Crippen LogP contribution < -0.4 is 5.32 Å².